The van der Waals surface area contributed by atoms with Gasteiger partial charge in [0.15, 0.2) is 5.65 Å². The van der Waals surface area contributed by atoms with Crippen LogP contribution < -0.4 is 5.73 Å². The van der Waals surface area contributed by atoms with E-state index in [4.69, 9.17) is 5.73 Å². The number of nitrogens with one attached hydrogen (secondary N) is 1. The quantitative estimate of drug-likeness (QED) is 0.719. The standard InChI is InChI=1S/C12H10BrN5S/c13-8-1-2-9(7(3-8)4-14)19-12-10-11(16-5-15-10)17-6-18-12/h1-3,5-6H,4,14H2,(H,15,16,17,18). The second-order valence-electron chi connectivity index (χ2n) is 3.84. The van der Waals surface area contributed by atoms with E-state index in [9.17, 15) is 0 Å². The Kier molecular flexibility index (Phi) is 3.50. The van der Waals surface area contributed by atoms with E-state index in [-0.39, 0.29) is 0 Å². The summed E-state index contributed by atoms with van der Waals surface area (Å²) in [6, 6.07) is 6.04. The van der Waals surface area contributed by atoms with E-state index in [0.717, 1.165) is 25.5 Å². The average Bonchev–Trinajstić information content (AvgIpc) is 2.90. The van der Waals surface area contributed by atoms with E-state index in [1.54, 1.807) is 18.1 Å². The van der Waals surface area contributed by atoms with Gasteiger partial charge in [-0.05, 0) is 23.8 Å². The van der Waals surface area contributed by atoms with Crippen molar-refractivity contribution in [2.75, 3.05) is 0 Å². The first kappa shape index (κ1) is 12.6. The highest BCUT2D eigenvalue weighted by Gasteiger charge is 2.10. The third-order valence-electron chi connectivity index (χ3n) is 2.64. The molecule has 0 aliphatic rings. The van der Waals surface area contributed by atoms with Crippen molar-refractivity contribution in [2.45, 2.75) is 16.5 Å². The van der Waals surface area contributed by atoms with Crippen LogP contribution in [-0.4, -0.2) is 19.9 Å². The summed E-state index contributed by atoms with van der Waals surface area (Å²) in [5.41, 5.74) is 8.37. The highest BCUT2D eigenvalue weighted by atomic mass is 79.9. The highest BCUT2D eigenvalue weighted by molar-refractivity contribution is 9.10. The Labute approximate surface area is 122 Å². The second-order valence-corrected chi connectivity index (χ2v) is 5.78. The number of hydrogen-bond acceptors (Lipinski definition) is 5. The molecule has 0 aliphatic heterocycles. The first-order valence-electron chi connectivity index (χ1n) is 5.58. The van der Waals surface area contributed by atoms with Crippen LogP contribution in [0.4, 0.5) is 0 Å². The van der Waals surface area contributed by atoms with Crippen LogP contribution in [0.5, 0.6) is 0 Å². The third-order valence-corrected chi connectivity index (χ3v) is 4.25. The molecule has 0 aliphatic carbocycles. The average molecular weight is 336 g/mol. The maximum absolute atomic E-state index is 5.78. The van der Waals surface area contributed by atoms with Crippen LogP contribution in [0.1, 0.15) is 5.56 Å². The molecule has 96 valence electrons. The van der Waals surface area contributed by atoms with Crippen molar-refractivity contribution in [1.29, 1.82) is 0 Å². The van der Waals surface area contributed by atoms with Crippen LogP contribution in [0.3, 0.4) is 0 Å². The molecule has 19 heavy (non-hydrogen) atoms. The summed E-state index contributed by atoms with van der Waals surface area (Å²) in [5, 5.41) is 0.847. The third kappa shape index (κ3) is 2.49. The lowest BCUT2D eigenvalue weighted by atomic mass is 10.2. The van der Waals surface area contributed by atoms with Gasteiger partial charge in [-0.2, -0.15) is 0 Å². The van der Waals surface area contributed by atoms with Gasteiger partial charge in [-0.1, -0.05) is 27.7 Å². The van der Waals surface area contributed by atoms with Gasteiger partial charge in [0.1, 0.15) is 16.9 Å². The molecule has 2 heterocycles. The number of nitrogens with two attached hydrogens (primary N) is 1. The zero-order chi connectivity index (χ0) is 13.2. The first-order chi connectivity index (χ1) is 9.28. The molecule has 0 radical (unpaired) electrons. The van der Waals surface area contributed by atoms with Crippen LogP contribution >= 0.6 is 27.7 Å². The lowest BCUT2D eigenvalue weighted by Crippen LogP contribution is -1.98. The van der Waals surface area contributed by atoms with Gasteiger partial charge in [0.05, 0.1) is 6.33 Å². The lowest BCUT2D eigenvalue weighted by molar-refractivity contribution is 1.02. The molecule has 0 saturated heterocycles. The number of benzene rings is 1. The SMILES string of the molecule is NCc1cc(Br)ccc1Sc1ncnc2nc[nH]c12. The summed E-state index contributed by atoms with van der Waals surface area (Å²) in [5.74, 6) is 0. The predicted octanol–water partition coefficient (Wildman–Crippen LogP) is 2.73. The number of hydrogen-bond donors (Lipinski definition) is 2. The Morgan fingerprint density at radius 3 is 3.00 bits per heavy atom. The van der Waals surface area contributed by atoms with Gasteiger partial charge in [-0.15, -0.1) is 0 Å². The zero-order valence-electron chi connectivity index (χ0n) is 9.80. The number of rotatable bonds is 3. The minimum absolute atomic E-state index is 0.485. The van der Waals surface area contributed by atoms with Crippen LogP contribution in [0, 0.1) is 0 Å². The lowest BCUT2D eigenvalue weighted by Gasteiger charge is -2.07. The van der Waals surface area contributed by atoms with Crippen molar-refractivity contribution >= 4 is 38.9 Å². The number of imidazole rings is 1. The summed E-state index contributed by atoms with van der Waals surface area (Å²) in [7, 11) is 0. The Morgan fingerprint density at radius 2 is 2.16 bits per heavy atom. The maximum atomic E-state index is 5.78. The van der Waals surface area contributed by atoms with Gasteiger partial charge >= 0.3 is 0 Å². The van der Waals surface area contributed by atoms with Crippen molar-refractivity contribution in [1.82, 2.24) is 19.9 Å². The molecule has 1 aromatic carbocycles. The zero-order valence-corrected chi connectivity index (χ0v) is 12.2. The molecule has 0 fully saturated rings. The Morgan fingerprint density at radius 1 is 1.26 bits per heavy atom. The summed E-state index contributed by atoms with van der Waals surface area (Å²) >= 11 is 5.01. The van der Waals surface area contributed by atoms with Gasteiger partial charge in [0.25, 0.3) is 0 Å². The van der Waals surface area contributed by atoms with Crippen molar-refractivity contribution in [3.63, 3.8) is 0 Å². The van der Waals surface area contributed by atoms with Crippen molar-refractivity contribution in [3.05, 3.63) is 40.9 Å². The van der Waals surface area contributed by atoms with E-state index < -0.39 is 0 Å². The maximum Gasteiger partial charge on any atom is 0.181 e. The predicted molar refractivity (Wildman–Crippen MR) is 77.8 cm³/mol. The van der Waals surface area contributed by atoms with Gasteiger partial charge in [-0.25, -0.2) is 15.0 Å². The molecule has 0 unspecified atom stereocenters. The highest BCUT2D eigenvalue weighted by Crippen LogP contribution is 2.33. The Balaban J connectivity index is 2.03. The molecular weight excluding hydrogens is 326 g/mol. The van der Waals surface area contributed by atoms with Gasteiger partial charge in [0.2, 0.25) is 0 Å². The number of H-pyrrole nitrogens is 1. The molecule has 0 atom stereocenters. The Bertz CT molecular complexity index is 727. The number of halogens is 1. The summed E-state index contributed by atoms with van der Waals surface area (Å²) < 4.78 is 1.02. The summed E-state index contributed by atoms with van der Waals surface area (Å²) in [6.45, 7) is 0.485. The largest absolute Gasteiger partial charge is 0.341 e. The van der Waals surface area contributed by atoms with Crippen molar-refractivity contribution in [3.8, 4) is 0 Å². The van der Waals surface area contributed by atoms with E-state index in [0.29, 0.717) is 12.2 Å². The molecule has 2 aromatic heterocycles. The molecule has 5 nitrogen and oxygen atoms in total. The molecule has 0 saturated carbocycles. The number of aromatic amines is 1. The molecule has 3 aromatic rings. The minimum atomic E-state index is 0.485. The normalized spacial score (nSPS) is 11.1. The van der Waals surface area contributed by atoms with E-state index >= 15 is 0 Å². The molecular formula is C12H10BrN5S. The summed E-state index contributed by atoms with van der Waals surface area (Å²) in [4.78, 5) is 16.7. The molecule has 0 spiro atoms. The fourth-order valence-electron chi connectivity index (χ4n) is 1.73. The smallest absolute Gasteiger partial charge is 0.181 e. The van der Waals surface area contributed by atoms with Crippen molar-refractivity contribution < 1.29 is 0 Å². The number of nitrogens with zero attached hydrogens (tertiary/aromatic N) is 3. The molecule has 3 rings (SSSR count). The van der Waals surface area contributed by atoms with Crippen LogP contribution in [0.15, 0.2) is 45.2 Å². The molecule has 7 heteroatoms. The van der Waals surface area contributed by atoms with Gasteiger partial charge < -0.3 is 10.7 Å². The monoisotopic (exact) mass is 335 g/mol. The number of fused-ring (bicyclic) bond motifs is 1. The second kappa shape index (κ2) is 5.28. The van der Waals surface area contributed by atoms with Gasteiger partial charge in [-0.3, -0.25) is 0 Å². The van der Waals surface area contributed by atoms with Gasteiger partial charge in [0, 0.05) is 15.9 Å². The minimum Gasteiger partial charge on any atom is -0.341 e. The fraction of sp³-hybridized carbons (Fsp3) is 0.0833. The van der Waals surface area contributed by atoms with Crippen LogP contribution in [0.25, 0.3) is 11.2 Å². The summed E-state index contributed by atoms with van der Waals surface area (Å²) in [6.07, 6.45) is 3.14. The fourth-order valence-corrected chi connectivity index (χ4v) is 3.11. The molecule has 0 amide bonds. The molecule has 3 N–H and O–H groups in total. The van der Waals surface area contributed by atoms with Crippen LogP contribution in [-0.2, 0) is 6.54 Å². The Hall–Kier alpha value is -1.44. The van der Waals surface area contributed by atoms with Crippen molar-refractivity contribution in [2.24, 2.45) is 5.73 Å². The molecule has 0 bridgehead atoms. The van der Waals surface area contributed by atoms with E-state index in [1.807, 2.05) is 18.2 Å². The van der Waals surface area contributed by atoms with E-state index in [2.05, 4.69) is 35.9 Å². The topological polar surface area (TPSA) is 80.5 Å². The first-order valence-corrected chi connectivity index (χ1v) is 7.19. The van der Waals surface area contributed by atoms with Crippen LogP contribution in [0.2, 0.25) is 0 Å². The van der Waals surface area contributed by atoms with E-state index in [1.165, 1.54) is 6.33 Å². The number of aromatic nitrogens is 4.